The lowest BCUT2D eigenvalue weighted by Crippen LogP contribution is -2.14. The summed E-state index contributed by atoms with van der Waals surface area (Å²) in [6.07, 6.45) is 1.59. The van der Waals surface area contributed by atoms with Crippen LogP contribution in [-0.4, -0.2) is 14.8 Å². The van der Waals surface area contributed by atoms with E-state index in [1.165, 1.54) is 16.8 Å². The molecule has 0 radical (unpaired) electrons. The lowest BCUT2D eigenvalue weighted by Gasteiger charge is -2.02. The molecule has 2 aromatic carbocycles. The monoisotopic (exact) mass is 313 g/mol. The average molecular weight is 314 g/mol. The van der Waals surface area contributed by atoms with Gasteiger partial charge in [0.1, 0.15) is 11.5 Å². The van der Waals surface area contributed by atoms with E-state index in [9.17, 15) is 9.18 Å². The quantitative estimate of drug-likeness (QED) is 0.583. The van der Waals surface area contributed by atoms with Gasteiger partial charge in [-0.25, -0.2) is 4.39 Å². The van der Waals surface area contributed by atoms with Crippen LogP contribution in [0.2, 0.25) is 5.02 Å². The van der Waals surface area contributed by atoms with Gasteiger partial charge in [0.2, 0.25) is 0 Å². The van der Waals surface area contributed by atoms with Crippen LogP contribution in [0, 0.1) is 5.82 Å². The van der Waals surface area contributed by atoms with E-state index < -0.39 is 0 Å². The van der Waals surface area contributed by atoms with E-state index in [1.54, 1.807) is 36.5 Å². The van der Waals surface area contributed by atoms with Crippen LogP contribution in [0.15, 0.2) is 53.5 Å². The Balaban J connectivity index is 2.05. The highest BCUT2D eigenvalue weighted by Crippen LogP contribution is 2.26. The lowest BCUT2D eigenvalue weighted by molar-refractivity contribution is 0.629. The minimum absolute atomic E-state index is 0.264. The van der Waals surface area contributed by atoms with Crippen LogP contribution < -0.4 is 5.56 Å². The highest BCUT2D eigenvalue weighted by atomic mass is 35.5. The first-order chi connectivity index (χ1) is 10.6. The van der Waals surface area contributed by atoms with Crippen LogP contribution in [0.3, 0.4) is 0 Å². The minimum atomic E-state index is -0.373. The number of aromatic nitrogens is 3. The van der Waals surface area contributed by atoms with Crippen molar-refractivity contribution in [3.8, 4) is 16.9 Å². The molecule has 0 atom stereocenters. The Labute approximate surface area is 129 Å². The molecule has 0 amide bonds. The summed E-state index contributed by atoms with van der Waals surface area (Å²) in [4.78, 5) is 15.5. The number of nitrogens with zero attached hydrogens (tertiary/aromatic N) is 2. The van der Waals surface area contributed by atoms with Gasteiger partial charge >= 0.3 is 0 Å². The largest absolute Gasteiger partial charge is 0.360 e. The van der Waals surface area contributed by atoms with Crippen molar-refractivity contribution < 1.29 is 4.39 Å². The van der Waals surface area contributed by atoms with E-state index in [-0.39, 0.29) is 11.4 Å². The Kier molecular flexibility index (Phi) is 2.77. The number of rotatable bonds is 1. The normalized spacial score (nSPS) is 11.4. The van der Waals surface area contributed by atoms with E-state index in [2.05, 4.69) is 10.1 Å². The van der Waals surface area contributed by atoms with Crippen molar-refractivity contribution in [1.82, 2.24) is 14.8 Å². The summed E-state index contributed by atoms with van der Waals surface area (Å²) in [5.41, 5.74) is 1.94. The molecule has 0 aliphatic carbocycles. The third-order valence-electron chi connectivity index (χ3n) is 3.56. The Bertz CT molecular complexity index is 1020. The molecule has 2 heterocycles. The number of H-pyrrole nitrogens is 1. The van der Waals surface area contributed by atoms with Crippen molar-refractivity contribution in [2.24, 2.45) is 0 Å². The number of benzene rings is 2. The van der Waals surface area contributed by atoms with Gasteiger partial charge in [-0.3, -0.25) is 4.79 Å². The van der Waals surface area contributed by atoms with Crippen LogP contribution >= 0.6 is 11.6 Å². The second-order valence-electron chi connectivity index (χ2n) is 4.93. The van der Waals surface area contributed by atoms with Gasteiger partial charge in [0.05, 0.1) is 11.3 Å². The molecule has 108 valence electrons. The van der Waals surface area contributed by atoms with E-state index in [0.29, 0.717) is 27.4 Å². The van der Waals surface area contributed by atoms with Gasteiger partial charge in [-0.1, -0.05) is 11.6 Å². The second-order valence-corrected chi connectivity index (χ2v) is 5.37. The number of hydrogen-bond acceptors (Lipinski definition) is 2. The molecule has 6 heteroatoms. The molecule has 0 unspecified atom stereocenters. The van der Waals surface area contributed by atoms with Crippen LogP contribution in [-0.2, 0) is 0 Å². The summed E-state index contributed by atoms with van der Waals surface area (Å²) in [5.74, 6) is -0.373. The van der Waals surface area contributed by atoms with Crippen molar-refractivity contribution in [1.29, 1.82) is 0 Å². The van der Waals surface area contributed by atoms with Gasteiger partial charge in [0.25, 0.3) is 5.56 Å². The fourth-order valence-corrected chi connectivity index (χ4v) is 2.62. The number of hydrogen-bond donors (Lipinski definition) is 1. The molecule has 4 nitrogen and oxygen atoms in total. The number of fused-ring (bicyclic) bond motifs is 3. The molecule has 2 aromatic rings. The maximum absolute atomic E-state index is 13.5. The average Bonchev–Trinajstić information content (AvgIpc) is 2.86. The third-order valence-corrected chi connectivity index (χ3v) is 3.81. The maximum Gasteiger partial charge on any atom is 0.282 e. The first kappa shape index (κ1) is 13.0. The SMILES string of the molecule is O=c1c2c[nH]c3ccc(F)cc3c-2nn1-c1ccc(Cl)cc1. The summed E-state index contributed by atoms with van der Waals surface area (Å²) in [6.45, 7) is 0. The molecule has 0 spiro atoms. The smallest absolute Gasteiger partial charge is 0.282 e. The van der Waals surface area contributed by atoms with Gasteiger partial charge in [-0.2, -0.15) is 9.78 Å². The molecule has 4 rings (SSSR count). The molecular weight excluding hydrogens is 305 g/mol. The number of pyridine rings is 1. The fourth-order valence-electron chi connectivity index (χ4n) is 2.49. The van der Waals surface area contributed by atoms with Crippen LogP contribution in [0.25, 0.3) is 27.8 Å². The van der Waals surface area contributed by atoms with Crippen LogP contribution in [0.5, 0.6) is 0 Å². The van der Waals surface area contributed by atoms with E-state index >= 15 is 0 Å². The summed E-state index contributed by atoms with van der Waals surface area (Å²) >= 11 is 5.86. The minimum Gasteiger partial charge on any atom is -0.360 e. The predicted molar refractivity (Wildman–Crippen MR) is 83.3 cm³/mol. The maximum atomic E-state index is 13.5. The zero-order valence-corrected chi connectivity index (χ0v) is 11.9. The number of nitrogens with one attached hydrogen (secondary N) is 1. The van der Waals surface area contributed by atoms with Gasteiger partial charge in [0, 0.05) is 22.1 Å². The second kappa shape index (κ2) is 4.68. The first-order valence-electron chi connectivity index (χ1n) is 6.59. The van der Waals surface area contributed by atoms with E-state index in [1.807, 2.05) is 0 Å². The molecule has 2 aliphatic heterocycles. The van der Waals surface area contributed by atoms with E-state index in [4.69, 9.17) is 11.6 Å². The molecule has 22 heavy (non-hydrogen) atoms. The third kappa shape index (κ3) is 1.90. The van der Waals surface area contributed by atoms with Crippen molar-refractivity contribution >= 4 is 22.5 Å². The molecule has 0 saturated heterocycles. The topological polar surface area (TPSA) is 50.7 Å². The summed E-state index contributed by atoms with van der Waals surface area (Å²) in [5, 5.41) is 5.50. The zero-order chi connectivity index (χ0) is 15.3. The van der Waals surface area contributed by atoms with Crippen LogP contribution in [0.4, 0.5) is 4.39 Å². The standard InChI is InChI=1S/C16H9ClFN3O/c17-9-1-4-11(5-2-9)21-16(22)13-8-19-14-6-3-10(18)7-12(14)15(13)20-21/h1-8,19H. The Morgan fingerprint density at radius 2 is 1.91 bits per heavy atom. The number of aromatic amines is 1. The summed E-state index contributed by atoms with van der Waals surface area (Å²) < 4.78 is 14.8. The molecule has 0 aromatic heterocycles. The van der Waals surface area contributed by atoms with Crippen molar-refractivity contribution in [3.05, 3.63) is 69.9 Å². The Morgan fingerprint density at radius 3 is 2.68 bits per heavy atom. The van der Waals surface area contributed by atoms with Crippen molar-refractivity contribution in [2.45, 2.75) is 0 Å². The molecule has 0 fully saturated rings. The molecular formula is C16H9ClFN3O. The van der Waals surface area contributed by atoms with Crippen molar-refractivity contribution in [3.63, 3.8) is 0 Å². The van der Waals surface area contributed by atoms with Crippen LogP contribution in [0.1, 0.15) is 0 Å². The highest BCUT2D eigenvalue weighted by Gasteiger charge is 2.19. The molecule has 0 bridgehead atoms. The molecule has 2 aliphatic rings. The van der Waals surface area contributed by atoms with Gasteiger partial charge < -0.3 is 4.98 Å². The number of halogens is 2. The van der Waals surface area contributed by atoms with E-state index in [0.717, 1.165) is 5.52 Å². The van der Waals surface area contributed by atoms with Gasteiger partial charge in [-0.15, -0.1) is 0 Å². The summed E-state index contributed by atoms with van der Waals surface area (Å²) in [6, 6.07) is 11.1. The Hall–Kier alpha value is -2.66. The highest BCUT2D eigenvalue weighted by molar-refractivity contribution is 6.30. The van der Waals surface area contributed by atoms with Crippen molar-refractivity contribution in [2.75, 3.05) is 0 Å². The van der Waals surface area contributed by atoms with Gasteiger partial charge in [-0.05, 0) is 42.5 Å². The predicted octanol–water partition coefficient (Wildman–Crippen LogP) is 3.61. The van der Waals surface area contributed by atoms with Gasteiger partial charge in [0.15, 0.2) is 0 Å². The molecule has 0 saturated carbocycles. The zero-order valence-electron chi connectivity index (χ0n) is 11.2. The summed E-state index contributed by atoms with van der Waals surface area (Å²) in [7, 11) is 0. The lowest BCUT2D eigenvalue weighted by atomic mass is 10.1. The Morgan fingerprint density at radius 1 is 1.14 bits per heavy atom. The molecule has 1 N–H and O–H groups in total. The first-order valence-corrected chi connectivity index (χ1v) is 6.97. The fraction of sp³-hybridized carbons (Fsp3) is 0.